The van der Waals surface area contributed by atoms with Crippen molar-refractivity contribution < 1.29 is 9.47 Å². The van der Waals surface area contributed by atoms with Crippen molar-refractivity contribution in [1.82, 2.24) is 15.0 Å². The Morgan fingerprint density at radius 3 is 2.28 bits per heavy atom. The van der Waals surface area contributed by atoms with E-state index in [4.69, 9.17) is 20.9 Å². The minimum atomic E-state index is 0.119. The lowest BCUT2D eigenvalue weighted by molar-refractivity contribution is 0.122. The molecule has 0 aliphatic rings. The van der Waals surface area contributed by atoms with E-state index in [-0.39, 0.29) is 11.9 Å². The van der Waals surface area contributed by atoms with Crippen LogP contribution in [0.25, 0.3) is 0 Å². The number of hydrogen-bond donors (Lipinski definition) is 2. The molecule has 3 rings (SSSR count). The van der Waals surface area contributed by atoms with E-state index in [0.717, 1.165) is 17.1 Å². The zero-order valence-corrected chi connectivity index (χ0v) is 13.6. The van der Waals surface area contributed by atoms with Crippen LogP contribution in [0.4, 0.5) is 11.9 Å². The fourth-order valence-electron chi connectivity index (χ4n) is 2.25. The van der Waals surface area contributed by atoms with Gasteiger partial charge in [-0.25, -0.2) is 0 Å². The zero-order chi connectivity index (χ0) is 17.5. The van der Waals surface area contributed by atoms with Crippen molar-refractivity contribution in [3.8, 4) is 11.5 Å². The van der Waals surface area contributed by atoms with Gasteiger partial charge in [-0.1, -0.05) is 30.3 Å². The average molecular weight is 337 g/mol. The maximum Gasteiger partial charge on any atom is 0.225 e. The SMILES string of the molecule is Nc1nc(N)nc(CCOCc2cccc(Oc3ccccc3)c2)n1. The first-order chi connectivity index (χ1) is 12.2. The van der Waals surface area contributed by atoms with Crippen LogP contribution in [0.15, 0.2) is 54.6 Å². The van der Waals surface area contributed by atoms with Gasteiger partial charge in [0.05, 0.1) is 13.2 Å². The van der Waals surface area contributed by atoms with Gasteiger partial charge in [-0.05, 0) is 29.8 Å². The normalized spacial score (nSPS) is 10.6. The Balaban J connectivity index is 1.50. The molecule has 4 N–H and O–H groups in total. The van der Waals surface area contributed by atoms with Gasteiger partial charge in [0, 0.05) is 6.42 Å². The Morgan fingerprint density at radius 2 is 1.52 bits per heavy atom. The summed E-state index contributed by atoms with van der Waals surface area (Å²) in [5.74, 6) is 2.32. The van der Waals surface area contributed by atoms with Crippen molar-refractivity contribution >= 4 is 11.9 Å². The van der Waals surface area contributed by atoms with Crippen LogP contribution in [0.2, 0.25) is 0 Å². The van der Waals surface area contributed by atoms with E-state index >= 15 is 0 Å². The maximum atomic E-state index is 5.81. The van der Waals surface area contributed by atoms with Gasteiger partial charge in [0.2, 0.25) is 11.9 Å². The molecule has 2 aromatic carbocycles. The summed E-state index contributed by atoms with van der Waals surface area (Å²) in [5.41, 5.74) is 12.1. The molecule has 7 nitrogen and oxygen atoms in total. The summed E-state index contributed by atoms with van der Waals surface area (Å²) >= 11 is 0. The van der Waals surface area contributed by atoms with E-state index in [9.17, 15) is 0 Å². The van der Waals surface area contributed by atoms with Gasteiger partial charge in [0.15, 0.2) is 0 Å². The van der Waals surface area contributed by atoms with Crippen molar-refractivity contribution in [3.05, 3.63) is 66.0 Å². The smallest absolute Gasteiger partial charge is 0.225 e. The summed E-state index contributed by atoms with van der Waals surface area (Å²) in [6, 6.07) is 17.4. The third-order valence-electron chi connectivity index (χ3n) is 3.33. The third kappa shape index (κ3) is 5.15. The summed E-state index contributed by atoms with van der Waals surface area (Å²) in [6.07, 6.45) is 0.511. The molecule has 1 aromatic heterocycles. The first-order valence-electron chi connectivity index (χ1n) is 7.84. The highest BCUT2D eigenvalue weighted by Gasteiger charge is 2.03. The highest BCUT2D eigenvalue weighted by atomic mass is 16.5. The Bertz CT molecular complexity index is 806. The van der Waals surface area contributed by atoms with Gasteiger partial charge >= 0.3 is 0 Å². The first-order valence-corrected chi connectivity index (χ1v) is 7.84. The molecule has 128 valence electrons. The second kappa shape index (κ2) is 8.07. The summed E-state index contributed by atoms with van der Waals surface area (Å²) in [5, 5.41) is 0. The number of nitrogens with two attached hydrogens (primary N) is 2. The zero-order valence-electron chi connectivity index (χ0n) is 13.6. The topological polar surface area (TPSA) is 109 Å². The Kier molecular flexibility index (Phi) is 5.38. The van der Waals surface area contributed by atoms with Crippen LogP contribution >= 0.6 is 0 Å². The summed E-state index contributed by atoms with van der Waals surface area (Å²) < 4.78 is 11.5. The van der Waals surface area contributed by atoms with Gasteiger partial charge in [-0.15, -0.1) is 0 Å². The number of benzene rings is 2. The molecule has 0 radical (unpaired) electrons. The molecule has 0 bridgehead atoms. The molecule has 0 saturated carbocycles. The van der Waals surface area contributed by atoms with E-state index in [0.29, 0.717) is 25.5 Å². The number of nitrogen functional groups attached to an aromatic ring is 2. The Morgan fingerprint density at radius 1 is 0.800 bits per heavy atom. The van der Waals surface area contributed by atoms with Crippen molar-refractivity contribution in [1.29, 1.82) is 0 Å². The van der Waals surface area contributed by atoms with Crippen LogP contribution in [-0.2, 0) is 17.8 Å². The minimum absolute atomic E-state index is 0.119. The lowest BCUT2D eigenvalue weighted by Gasteiger charge is -2.08. The summed E-state index contributed by atoms with van der Waals surface area (Å²) in [4.78, 5) is 11.8. The fraction of sp³-hybridized carbons (Fsp3) is 0.167. The number of para-hydroxylation sites is 1. The molecule has 1 heterocycles. The maximum absolute atomic E-state index is 5.81. The van der Waals surface area contributed by atoms with E-state index in [1.54, 1.807) is 0 Å². The van der Waals surface area contributed by atoms with Crippen LogP contribution in [0, 0.1) is 0 Å². The number of hydrogen-bond acceptors (Lipinski definition) is 7. The summed E-state index contributed by atoms with van der Waals surface area (Å²) in [6.45, 7) is 0.911. The second-order valence-electron chi connectivity index (χ2n) is 5.33. The molecule has 3 aromatic rings. The van der Waals surface area contributed by atoms with Crippen molar-refractivity contribution in [2.24, 2.45) is 0 Å². The lowest BCUT2D eigenvalue weighted by Crippen LogP contribution is -2.09. The fourth-order valence-corrected chi connectivity index (χ4v) is 2.25. The largest absolute Gasteiger partial charge is 0.457 e. The van der Waals surface area contributed by atoms with Gasteiger partial charge < -0.3 is 20.9 Å². The minimum Gasteiger partial charge on any atom is -0.457 e. The molecule has 0 aliphatic heterocycles. The predicted octanol–water partition coefficient (Wildman–Crippen LogP) is 2.59. The number of anilines is 2. The molecule has 0 aliphatic carbocycles. The van der Waals surface area contributed by atoms with Gasteiger partial charge in [-0.3, -0.25) is 0 Å². The summed E-state index contributed by atoms with van der Waals surface area (Å²) in [7, 11) is 0. The Labute approximate surface area is 145 Å². The lowest BCUT2D eigenvalue weighted by atomic mass is 10.2. The van der Waals surface area contributed by atoms with Crippen molar-refractivity contribution in [3.63, 3.8) is 0 Å². The standard InChI is InChI=1S/C18H19N5O2/c19-17-21-16(22-18(20)23-17)9-10-24-12-13-5-4-8-15(11-13)25-14-6-2-1-3-7-14/h1-8,11H,9-10,12H2,(H4,19,20,21,22,23). The molecule has 25 heavy (non-hydrogen) atoms. The molecule has 7 heteroatoms. The van der Waals surface area contributed by atoms with Gasteiger partial charge in [0.25, 0.3) is 0 Å². The van der Waals surface area contributed by atoms with Gasteiger partial charge in [0.1, 0.15) is 17.3 Å². The van der Waals surface area contributed by atoms with Crippen LogP contribution in [-0.4, -0.2) is 21.6 Å². The second-order valence-corrected chi connectivity index (χ2v) is 5.33. The van der Waals surface area contributed by atoms with E-state index < -0.39 is 0 Å². The average Bonchev–Trinajstić information content (AvgIpc) is 2.59. The van der Waals surface area contributed by atoms with Crippen LogP contribution in [0.1, 0.15) is 11.4 Å². The number of ether oxygens (including phenoxy) is 2. The van der Waals surface area contributed by atoms with Gasteiger partial charge in [-0.2, -0.15) is 15.0 Å². The highest BCUT2D eigenvalue weighted by molar-refractivity contribution is 5.33. The molecule has 0 fully saturated rings. The molecule has 0 saturated heterocycles. The molecule has 0 amide bonds. The van der Waals surface area contributed by atoms with Crippen molar-refractivity contribution in [2.45, 2.75) is 13.0 Å². The molecule has 0 spiro atoms. The van der Waals surface area contributed by atoms with E-state index in [1.165, 1.54) is 0 Å². The van der Waals surface area contributed by atoms with Crippen LogP contribution in [0.3, 0.4) is 0 Å². The van der Waals surface area contributed by atoms with Crippen LogP contribution in [0.5, 0.6) is 11.5 Å². The van der Waals surface area contributed by atoms with E-state index in [2.05, 4.69) is 15.0 Å². The number of rotatable bonds is 7. The number of nitrogens with zero attached hydrogens (tertiary/aromatic N) is 3. The number of aromatic nitrogens is 3. The van der Waals surface area contributed by atoms with E-state index in [1.807, 2.05) is 54.6 Å². The predicted molar refractivity (Wildman–Crippen MR) is 95.0 cm³/mol. The molecule has 0 atom stereocenters. The third-order valence-corrected chi connectivity index (χ3v) is 3.33. The quantitative estimate of drug-likeness (QED) is 0.638. The van der Waals surface area contributed by atoms with Crippen molar-refractivity contribution in [2.75, 3.05) is 18.1 Å². The molecular weight excluding hydrogens is 318 g/mol. The molecule has 0 unspecified atom stereocenters. The first kappa shape index (κ1) is 16.7. The molecular formula is C18H19N5O2. The Hall–Kier alpha value is -3.19. The highest BCUT2D eigenvalue weighted by Crippen LogP contribution is 2.22. The monoisotopic (exact) mass is 337 g/mol. The van der Waals surface area contributed by atoms with Crippen LogP contribution < -0.4 is 16.2 Å².